The zero-order valence-corrected chi connectivity index (χ0v) is 18.0. The topological polar surface area (TPSA) is 68.5 Å². The molecule has 2 atom stereocenters. The van der Waals surface area contributed by atoms with E-state index < -0.39 is 17.9 Å². The highest BCUT2D eigenvalue weighted by atomic mass is 35.5. The van der Waals surface area contributed by atoms with Crippen molar-refractivity contribution < 1.29 is 19.0 Å². The standard InChI is InChI=1S/C23H23Cl2NO4/c24-19-11-10-18(15-20(19)25)23(16-26,30-21-9-4-5-13-28-21)12-6-14-29-22(27)17-7-2-1-3-8-17/h1-3,7-8,10-11,15,21H,4-6,9,12-14H2. The lowest BCUT2D eigenvalue weighted by atomic mass is 9.90. The molecule has 0 N–H and O–H groups in total. The van der Waals surface area contributed by atoms with Gasteiger partial charge in [0.15, 0.2) is 11.9 Å². The van der Waals surface area contributed by atoms with E-state index in [2.05, 4.69) is 6.07 Å². The molecule has 0 aromatic heterocycles. The molecule has 30 heavy (non-hydrogen) atoms. The Labute approximate surface area is 186 Å². The van der Waals surface area contributed by atoms with Crippen molar-refractivity contribution in [2.75, 3.05) is 13.2 Å². The number of ether oxygens (including phenoxy) is 3. The molecule has 0 aliphatic carbocycles. The van der Waals surface area contributed by atoms with Gasteiger partial charge in [-0.25, -0.2) is 4.79 Å². The van der Waals surface area contributed by atoms with E-state index in [4.69, 9.17) is 37.4 Å². The summed E-state index contributed by atoms with van der Waals surface area (Å²) in [6.45, 7) is 0.760. The maximum atomic E-state index is 12.1. The Morgan fingerprint density at radius 1 is 1.17 bits per heavy atom. The van der Waals surface area contributed by atoms with Crippen LogP contribution in [0.25, 0.3) is 0 Å². The van der Waals surface area contributed by atoms with Crippen molar-refractivity contribution in [3.63, 3.8) is 0 Å². The summed E-state index contributed by atoms with van der Waals surface area (Å²) in [5.41, 5.74) is -0.196. The average molecular weight is 448 g/mol. The van der Waals surface area contributed by atoms with Crippen molar-refractivity contribution in [2.24, 2.45) is 0 Å². The zero-order chi connectivity index (χ0) is 21.4. The van der Waals surface area contributed by atoms with Gasteiger partial charge in [-0.1, -0.05) is 47.5 Å². The molecule has 0 saturated carbocycles. The van der Waals surface area contributed by atoms with Gasteiger partial charge >= 0.3 is 5.97 Å². The van der Waals surface area contributed by atoms with Crippen molar-refractivity contribution in [1.29, 1.82) is 5.26 Å². The molecule has 2 aromatic carbocycles. The Morgan fingerprint density at radius 3 is 2.63 bits per heavy atom. The zero-order valence-electron chi connectivity index (χ0n) is 16.5. The van der Waals surface area contributed by atoms with Gasteiger partial charge in [0.1, 0.15) is 6.07 Å². The molecule has 5 nitrogen and oxygen atoms in total. The SMILES string of the molecule is N#CC(CCCOC(=O)c1ccccc1)(OC1CCCCO1)c1ccc(Cl)c(Cl)c1. The average Bonchev–Trinajstić information content (AvgIpc) is 2.79. The molecule has 1 fully saturated rings. The second-order valence-corrected chi connectivity index (χ2v) is 7.90. The number of carbonyl (C=O) groups is 1. The summed E-state index contributed by atoms with van der Waals surface area (Å²) in [4.78, 5) is 12.1. The van der Waals surface area contributed by atoms with E-state index in [9.17, 15) is 10.1 Å². The minimum Gasteiger partial charge on any atom is -0.462 e. The fourth-order valence-corrected chi connectivity index (χ4v) is 3.64. The number of nitrogens with zero attached hydrogens (tertiary/aromatic N) is 1. The third-order valence-electron chi connectivity index (χ3n) is 4.95. The molecule has 0 bridgehead atoms. The first-order valence-electron chi connectivity index (χ1n) is 9.92. The third-order valence-corrected chi connectivity index (χ3v) is 5.69. The van der Waals surface area contributed by atoms with Gasteiger partial charge in [-0.2, -0.15) is 5.26 Å². The lowest BCUT2D eigenvalue weighted by Crippen LogP contribution is -2.36. The smallest absolute Gasteiger partial charge is 0.338 e. The normalized spacial score (nSPS) is 18.2. The van der Waals surface area contributed by atoms with Crippen LogP contribution in [0.2, 0.25) is 10.0 Å². The Hall–Kier alpha value is -2.10. The highest BCUT2D eigenvalue weighted by Crippen LogP contribution is 2.37. The summed E-state index contributed by atoms with van der Waals surface area (Å²) in [7, 11) is 0. The lowest BCUT2D eigenvalue weighted by molar-refractivity contribution is -0.214. The van der Waals surface area contributed by atoms with E-state index in [1.807, 2.05) is 6.07 Å². The van der Waals surface area contributed by atoms with Crippen LogP contribution in [-0.2, 0) is 19.8 Å². The maximum Gasteiger partial charge on any atom is 0.338 e. The van der Waals surface area contributed by atoms with Gasteiger partial charge in [0.2, 0.25) is 0 Å². The minimum absolute atomic E-state index is 0.160. The van der Waals surface area contributed by atoms with Gasteiger partial charge in [0.05, 0.1) is 22.2 Å². The summed E-state index contributed by atoms with van der Waals surface area (Å²) >= 11 is 12.2. The highest BCUT2D eigenvalue weighted by Gasteiger charge is 2.37. The summed E-state index contributed by atoms with van der Waals surface area (Å²) in [5, 5.41) is 10.8. The van der Waals surface area contributed by atoms with Gasteiger partial charge in [-0.15, -0.1) is 0 Å². The first-order chi connectivity index (χ1) is 14.5. The molecule has 1 aliphatic heterocycles. The fourth-order valence-electron chi connectivity index (χ4n) is 3.34. The van der Waals surface area contributed by atoms with E-state index >= 15 is 0 Å². The van der Waals surface area contributed by atoms with E-state index in [1.165, 1.54) is 0 Å². The predicted molar refractivity (Wildman–Crippen MR) is 114 cm³/mol. The van der Waals surface area contributed by atoms with E-state index in [0.29, 0.717) is 47.0 Å². The molecule has 0 amide bonds. The van der Waals surface area contributed by atoms with Gasteiger partial charge in [0, 0.05) is 6.61 Å². The Bertz CT molecular complexity index is 894. The summed E-state index contributed by atoms with van der Waals surface area (Å²) < 4.78 is 17.2. The Balaban J connectivity index is 1.70. The molecule has 1 heterocycles. The minimum atomic E-state index is -1.28. The van der Waals surface area contributed by atoms with Crippen molar-refractivity contribution in [3.8, 4) is 6.07 Å². The van der Waals surface area contributed by atoms with Crippen molar-refractivity contribution >= 4 is 29.2 Å². The quantitative estimate of drug-likeness (QED) is 0.372. The number of halogens is 2. The van der Waals surface area contributed by atoms with Crippen LogP contribution in [0.3, 0.4) is 0 Å². The van der Waals surface area contributed by atoms with Gasteiger partial charge in [-0.3, -0.25) is 0 Å². The van der Waals surface area contributed by atoms with Crippen LogP contribution in [0, 0.1) is 11.3 Å². The van der Waals surface area contributed by atoms with Crippen LogP contribution in [-0.4, -0.2) is 25.5 Å². The second-order valence-electron chi connectivity index (χ2n) is 7.09. The first kappa shape index (κ1) is 22.6. The molecule has 7 heteroatoms. The molecule has 1 aliphatic rings. The summed E-state index contributed by atoms with van der Waals surface area (Å²) in [6.07, 6.45) is 2.93. The number of hydrogen-bond acceptors (Lipinski definition) is 5. The van der Waals surface area contributed by atoms with Gasteiger partial charge < -0.3 is 14.2 Å². The monoisotopic (exact) mass is 447 g/mol. The van der Waals surface area contributed by atoms with Crippen LogP contribution in [0.4, 0.5) is 0 Å². The Morgan fingerprint density at radius 2 is 1.97 bits per heavy atom. The predicted octanol–water partition coefficient (Wildman–Crippen LogP) is 5.89. The van der Waals surface area contributed by atoms with Gasteiger partial charge in [0.25, 0.3) is 0 Å². The number of rotatable bonds is 8. The molecule has 158 valence electrons. The van der Waals surface area contributed by atoms with E-state index in [-0.39, 0.29) is 6.61 Å². The van der Waals surface area contributed by atoms with Crippen LogP contribution in [0.15, 0.2) is 48.5 Å². The molecule has 1 saturated heterocycles. The largest absolute Gasteiger partial charge is 0.462 e. The maximum absolute atomic E-state index is 12.1. The number of esters is 1. The second kappa shape index (κ2) is 10.8. The Kier molecular flexibility index (Phi) is 8.12. The van der Waals surface area contributed by atoms with Crippen LogP contribution in [0.5, 0.6) is 0 Å². The summed E-state index contributed by atoms with van der Waals surface area (Å²) in [5.74, 6) is -0.399. The van der Waals surface area contributed by atoms with E-state index in [0.717, 1.165) is 12.8 Å². The molecule has 0 spiro atoms. The van der Waals surface area contributed by atoms with Crippen molar-refractivity contribution in [1.82, 2.24) is 0 Å². The molecular formula is C23H23Cl2NO4. The fraction of sp³-hybridized carbons (Fsp3) is 0.391. The molecule has 2 aromatic rings. The molecule has 0 radical (unpaired) electrons. The molecular weight excluding hydrogens is 425 g/mol. The van der Waals surface area contributed by atoms with E-state index in [1.54, 1.807) is 42.5 Å². The van der Waals surface area contributed by atoms with Crippen LogP contribution < -0.4 is 0 Å². The third kappa shape index (κ3) is 5.74. The molecule has 3 rings (SSSR count). The number of hydrogen-bond donors (Lipinski definition) is 0. The summed E-state index contributed by atoms with van der Waals surface area (Å²) in [6, 6.07) is 16.1. The van der Waals surface area contributed by atoms with Crippen LogP contribution >= 0.6 is 23.2 Å². The van der Waals surface area contributed by atoms with Crippen molar-refractivity contribution in [2.45, 2.75) is 44.0 Å². The van der Waals surface area contributed by atoms with Crippen molar-refractivity contribution in [3.05, 3.63) is 69.7 Å². The highest BCUT2D eigenvalue weighted by molar-refractivity contribution is 6.42. The number of nitriles is 1. The number of carbonyl (C=O) groups excluding carboxylic acids is 1. The molecule has 2 unspecified atom stereocenters. The lowest BCUT2D eigenvalue weighted by Gasteiger charge is -2.34. The van der Waals surface area contributed by atoms with Gasteiger partial charge in [-0.05, 0) is 61.9 Å². The van der Waals surface area contributed by atoms with Crippen LogP contribution in [0.1, 0.15) is 48.0 Å². The number of benzene rings is 2. The first-order valence-corrected chi connectivity index (χ1v) is 10.7.